The minimum Gasteiger partial charge on any atom is -0.300 e. The molecule has 2 heterocycles. The van der Waals surface area contributed by atoms with Crippen LogP contribution in [0.25, 0.3) is 15.9 Å². The van der Waals surface area contributed by atoms with Crippen LogP contribution in [0.3, 0.4) is 0 Å². The Morgan fingerprint density at radius 2 is 2.15 bits per heavy atom. The van der Waals surface area contributed by atoms with Crippen molar-refractivity contribution in [2.45, 2.75) is 6.92 Å². The average Bonchev–Trinajstić information content (AvgIpc) is 3.31. The molecule has 0 aliphatic heterocycles. The van der Waals surface area contributed by atoms with Gasteiger partial charge in [-0.1, -0.05) is 23.5 Å². The number of rotatable bonds is 4. The number of nitro benzene ring substituents is 1. The van der Waals surface area contributed by atoms with Crippen LogP contribution in [0, 0.1) is 17.0 Å². The van der Waals surface area contributed by atoms with Crippen LogP contribution in [-0.4, -0.2) is 25.4 Å². The third-order valence-corrected chi connectivity index (χ3v) is 4.99. The van der Waals surface area contributed by atoms with Gasteiger partial charge in [-0.15, -0.1) is 0 Å². The summed E-state index contributed by atoms with van der Waals surface area (Å²) in [7, 11) is 0. The highest BCUT2D eigenvalue weighted by Crippen LogP contribution is 2.29. The second-order valence-electron chi connectivity index (χ2n) is 5.83. The van der Waals surface area contributed by atoms with Gasteiger partial charge in [0.25, 0.3) is 11.6 Å². The molecule has 2 aromatic heterocycles. The molecule has 0 bridgehead atoms. The standard InChI is InChI=1S/C18H13N5O3S/c1-11-3-2-4-15-16(11)20-18(27-15)21-17(24)12-5-6-13(14(9-12)23(25)26)22-8-7-19-10-22/h2-10H,1H3,(H,20,21,24). The van der Waals surface area contributed by atoms with Crippen LogP contribution in [0.5, 0.6) is 0 Å². The van der Waals surface area contributed by atoms with E-state index in [-0.39, 0.29) is 11.3 Å². The Kier molecular flexibility index (Phi) is 4.13. The van der Waals surface area contributed by atoms with Crippen LogP contribution in [0.2, 0.25) is 0 Å². The fourth-order valence-electron chi connectivity index (χ4n) is 2.74. The van der Waals surface area contributed by atoms with E-state index >= 15 is 0 Å². The molecule has 134 valence electrons. The lowest BCUT2D eigenvalue weighted by molar-refractivity contribution is -0.384. The number of para-hydroxylation sites is 1. The zero-order valence-corrected chi connectivity index (χ0v) is 14.9. The number of nitrogens with zero attached hydrogens (tertiary/aromatic N) is 4. The van der Waals surface area contributed by atoms with E-state index in [1.165, 1.54) is 46.6 Å². The number of fused-ring (bicyclic) bond motifs is 1. The number of thiazole rings is 1. The Balaban J connectivity index is 1.66. The zero-order chi connectivity index (χ0) is 19.0. The molecule has 1 amide bonds. The first-order valence-corrected chi connectivity index (χ1v) is 8.79. The van der Waals surface area contributed by atoms with Gasteiger partial charge in [0.15, 0.2) is 5.13 Å². The van der Waals surface area contributed by atoms with E-state index < -0.39 is 10.8 Å². The van der Waals surface area contributed by atoms with Crippen molar-refractivity contribution in [3.05, 3.63) is 76.4 Å². The predicted molar refractivity (Wildman–Crippen MR) is 103 cm³/mol. The first-order chi connectivity index (χ1) is 13.0. The molecule has 0 aliphatic carbocycles. The molecule has 0 fully saturated rings. The number of benzene rings is 2. The summed E-state index contributed by atoms with van der Waals surface area (Å²) in [6, 6.07) is 10.1. The maximum atomic E-state index is 12.6. The average molecular weight is 379 g/mol. The molecule has 9 heteroatoms. The molecule has 1 N–H and O–H groups in total. The first-order valence-electron chi connectivity index (χ1n) is 7.97. The van der Waals surface area contributed by atoms with Crippen molar-refractivity contribution in [1.29, 1.82) is 0 Å². The van der Waals surface area contributed by atoms with Crippen LogP contribution in [-0.2, 0) is 0 Å². The van der Waals surface area contributed by atoms with Gasteiger partial charge in [0.05, 0.1) is 21.5 Å². The molecule has 27 heavy (non-hydrogen) atoms. The van der Waals surface area contributed by atoms with Gasteiger partial charge in [-0.25, -0.2) is 9.97 Å². The van der Waals surface area contributed by atoms with Crippen molar-refractivity contribution >= 4 is 38.3 Å². The second-order valence-corrected chi connectivity index (χ2v) is 6.86. The lowest BCUT2D eigenvalue weighted by Crippen LogP contribution is -2.12. The normalized spacial score (nSPS) is 10.9. The van der Waals surface area contributed by atoms with Gasteiger partial charge < -0.3 is 4.57 Å². The van der Waals surface area contributed by atoms with Crippen LogP contribution in [0.4, 0.5) is 10.8 Å². The maximum Gasteiger partial charge on any atom is 0.294 e. The largest absolute Gasteiger partial charge is 0.300 e. The highest BCUT2D eigenvalue weighted by molar-refractivity contribution is 7.22. The fourth-order valence-corrected chi connectivity index (χ4v) is 3.68. The van der Waals surface area contributed by atoms with Crippen LogP contribution in [0.1, 0.15) is 15.9 Å². The van der Waals surface area contributed by atoms with Gasteiger partial charge in [-0.2, -0.15) is 0 Å². The number of amides is 1. The summed E-state index contributed by atoms with van der Waals surface area (Å²) in [4.78, 5) is 31.8. The Labute approximate surface area is 157 Å². The van der Waals surface area contributed by atoms with Crippen molar-refractivity contribution in [3.63, 3.8) is 0 Å². The van der Waals surface area contributed by atoms with Crippen molar-refractivity contribution in [2.24, 2.45) is 0 Å². The van der Waals surface area contributed by atoms with Crippen LogP contribution in [0.15, 0.2) is 55.1 Å². The molecule has 8 nitrogen and oxygen atoms in total. The lowest BCUT2D eigenvalue weighted by Gasteiger charge is -2.06. The molecule has 0 saturated heterocycles. The summed E-state index contributed by atoms with van der Waals surface area (Å²) < 4.78 is 2.49. The van der Waals surface area contributed by atoms with E-state index in [1.807, 2.05) is 25.1 Å². The number of aryl methyl sites for hydroxylation is 1. The summed E-state index contributed by atoms with van der Waals surface area (Å²) in [5.41, 5.74) is 2.19. The highest BCUT2D eigenvalue weighted by Gasteiger charge is 2.19. The quantitative estimate of drug-likeness (QED) is 0.427. The number of hydrogen-bond acceptors (Lipinski definition) is 6. The summed E-state index contributed by atoms with van der Waals surface area (Å²) in [6.07, 6.45) is 4.59. The molecule has 0 atom stereocenters. The van der Waals surface area contributed by atoms with Crippen molar-refractivity contribution in [3.8, 4) is 5.69 Å². The zero-order valence-electron chi connectivity index (χ0n) is 14.1. The Morgan fingerprint density at radius 3 is 2.85 bits per heavy atom. The summed E-state index contributed by atoms with van der Waals surface area (Å²) >= 11 is 1.36. The molecule has 0 spiro atoms. The molecule has 0 radical (unpaired) electrons. The predicted octanol–water partition coefficient (Wildman–Crippen LogP) is 3.95. The molecular weight excluding hydrogens is 366 g/mol. The van der Waals surface area contributed by atoms with Crippen LogP contribution < -0.4 is 5.32 Å². The number of anilines is 1. The Hall–Kier alpha value is -3.59. The van der Waals surface area contributed by atoms with Crippen molar-refractivity contribution in [2.75, 3.05) is 5.32 Å². The van der Waals surface area contributed by atoms with Gasteiger partial charge in [0, 0.05) is 24.0 Å². The molecule has 4 rings (SSSR count). The Bertz CT molecular complexity index is 1170. The third kappa shape index (κ3) is 3.15. The van der Waals surface area contributed by atoms with Crippen molar-refractivity contribution < 1.29 is 9.72 Å². The Morgan fingerprint density at radius 1 is 1.30 bits per heavy atom. The third-order valence-electron chi connectivity index (χ3n) is 4.06. The van der Waals surface area contributed by atoms with Crippen molar-refractivity contribution in [1.82, 2.24) is 14.5 Å². The topological polar surface area (TPSA) is 103 Å². The minimum absolute atomic E-state index is 0.180. The van der Waals surface area contributed by atoms with Gasteiger partial charge in [-0.05, 0) is 30.7 Å². The fraction of sp³-hybridized carbons (Fsp3) is 0.0556. The first kappa shape index (κ1) is 16.9. The van der Waals surface area contributed by atoms with E-state index in [4.69, 9.17) is 0 Å². The van der Waals surface area contributed by atoms with E-state index in [0.29, 0.717) is 10.8 Å². The molecule has 2 aromatic carbocycles. The summed E-state index contributed by atoms with van der Waals surface area (Å²) in [5.74, 6) is -0.452. The van der Waals surface area contributed by atoms with Gasteiger partial charge >= 0.3 is 0 Å². The number of nitro groups is 1. The molecule has 4 aromatic rings. The number of carbonyl (C=O) groups is 1. The second kappa shape index (κ2) is 6.61. The van der Waals surface area contributed by atoms with Crippen LogP contribution >= 0.6 is 11.3 Å². The number of imidazole rings is 1. The van der Waals surface area contributed by atoms with Gasteiger partial charge in [-0.3, -0.25) is 20.2 Å². The SMILES string of the molecule is Cc1cccc2sc(NC(=O)c3ccc(-n4ccnc4)c([N+](=O)[O-])c3)nc12. The summed E-state index contributed by atoms with van der Waals surface area (Å²) in [5, 5.41) is 14.6. The smallest absolute Gasteiger partial charge is 0.294 e. The van der Waals surface area contributed by atoms with Gasteiger partial charge in [0.2, 0.25) is 0 Å². The highest BCUT2D eigenvalue weighted by atomic mass is 32.1. The number of aromatic nitrogens is 3. The van der Waals surface area contributed by atoms with E-state index in [1.54, 1.807) is 6.20 Å². The number of carbonyl (C=O) groups excluding carboxylic acids is 1. The number of hydrogen-bond donors (Lipinski definition) is 1. The monoisotopic (exact) mass is 379 g/mol. The molecule has 0 unspecified atom stereocenters. The van der Waals surface area contributed by atoms with E-state index in [9.17, 15) is 14.9 Å². The van der Waals surface area contributed by atoms with E-state index in [0.717, 1.165) is 15.8 Å². The summed E-state index contributed by atoms with van der Waals surface area (Å²) in [6.45, 7) is 1.95. The van der Waals surface area contributed by atoms with E-state index in [2.05, 4.69) is 15.3 Å². The maximum absolute atomic E-state index is 12.6. The number of nitrogens with one attached hydrogen (secondary N) is 1. The lowest BCUT2D eigenvalue weighted by atomic mass is 10.1. The minimum atomic E-state index is -0.521. The molecule has 0 aliphatic rings. The van der Waals surface area contributed by atoms with Gasteiger partial charge in [0.1, 0.15) is 5.69 Å². The molecular formula is C18H13N5O3S. The molecule has 0 saturated carbocycles.